The highest BCUT2D eigenvalue weighted by atomic mass is 16.2. The van der Waals surface area contributed by atoms with Crippen molar-refractivity contribution in [3.8, 4) is 0 Å². The van der Waals surface area contributed by atoms with E-state index in [-0.39, 0.29) is 17.4 Å². The van der Waals surface area contributed by atoms with E-state index in [4.69, 9.17) is 0 Å². The molecule has 2 aliphatic carbocycles. The molecule has 4 nitrogen and oxygen atoms in total. The molecule has 2 spiro atoms. The first-order valence-corrected chi connectivity index (χ1v) is 7.90. The van der Waals surface area contributed by atoms with Crippen molar-refractivity contribution >= 4 is 17.5 Å². The van der Waals surface area contributed by atoms with Gasteiger partial charge in [0.2, 0.25) is 0 Å². The van der Waals surface area contributed by atoms with Crippen LogP contribution in [-0.2, 0) is 10.2 Å². The van der Waals surface area contributed by atoms with Crippen molar-refractivity contribution in [1.29, 1.82) is 0 Å². The molecule has 0 radical (unpaired) electrons. The Hall–Kier alpha value is -2.10. The Labute approximate surface area is 130 Å². The first kappa shape index (κ1) is 13.6. The van der Waals surface area contributed by atoms with Crippen molar-refractivity contribution in [2.75, 3.05) is 0 Å². The largest absolute Gasteiger partial charge is 0.323 e. The first-order valence-electron chi connectivity index (χ1n) is 7.90. The van der Waals surface area contributed by atoms with E-state index in [0.29, 0.717) is 12.8 Å². The number of amides is 3. The van der Waals surface area contributed by atoms with Gasteiger partial charge >= 0.3 is 6.03 Å². The van der Waals surface area contributed by atoms with E-state index < -0.39 is 5.54 Å². The highest BCUT2D eigenvalue weighted by molar-refractivity contribution is 6.07. The van der Waals surface area contributed by atoms with Crippen LogP contribution in [0.2, 0.25) is 0 Å². The molecule has 114 valence electrons. The molecule has 0 aromatic heterocycles. The SMILES string of the molecule is CC1=C(C)C2(CCC3(CC2)NC(=O)NC3=O)c2ccccc21. The number of nitrogens with one attached hydrogen (secondary N) is 2. The van der Waals surface area contributed by atoms with Crippen LogP contribution in [0.15, 0.2) is 29.8 Å². The van der Waals surface area contributed by atoms with Gasteiger partial charge in [-0.05, 0) is 56.2 Å². The first-order chi connectivity index (χ1) is 10.5. The second-order valence-corrected chi connectivity index (χ2v) is 6.87. The summed E-state index contributed by atoms with van der Waals surface area (Å²) in [6.07, 6.45) is 3.20. The predicted octanol–water partition coefficient (Wildman–Crippen LogP) is 2.88. The fourth-order valence-electron chi connectivity index (χ4n) is 4.62. The van der Waals surface area contributed by atoms with Crippen LogP contribution in [0.5, 0.6) is 0 Å². The van der Waals surface area contributed by atoms with Gasteiger partial charge in [0, 0.05) is 5.41 Å². The summed E-state index contributed by atoms with van der Waals surface area (Å²) in [6.45, 7) is 4.41. The molecule has 1 saturated carbocycles. The molecule has 1 aliphatic heterocycles. The zero-order valence-electron chi connectivity index (χ0n) is 13.0. The number of rotatable bonds is 0. The lowest BCUT2D eigenvalue weighted by Gasteiger charge is -2.43. The summed E-state index contributed by atoms with van der Waals surface area (Å²) in [6, 6.07) is 8.25. The number of benzene rings is 1. The number of imide groups is 1. The summed E-state index contributed by atoms with van der Waals surface area (Å²) in [7, 11) is 0. The minimum atomic E-state index is -0.686. The molecule has 1 aromatic carbocycles. The quantitative estimate of drug-likeness (QED) is 0.723. The molecule has 4 rings (SSSR count). The molecule has 4 heteroatoms. The van der Waals surface area contributed by atoms with Gasteiger partial charge in [0.15, 0.2) is 0 Å². The third-order valence-corrected chi connectivity index (χ3v) is 6.10. The van der Waals surface area contributed by atoms with Crippen LogP contribution in [0, 0.1) is 0 Å². The summed E-state index contributed by atoms with van der Waals surface area (Å²) in [5.74, 6) is -0.156. The summed E-state index contributed by atoms with van der Waals surface area (Å²) in [4.78, 5) is 23.7. The van der Waals surface area contributed by atoms with Crippen LogP contribution < -0.4 is 10.6 Å². The van der Waals surface area contributed by atoms with Crippen molar-refractivity contribution < 1.29 is 9.59 Å². The molecule has 0 bridgehead atoms. The van der Waals surface area contributed by atoms with E-state index >= 15 is 0 Å². The van der Waals surface area contributed by atoms with Crippen LogP contribution in [0.4, 0.5) is 4.79 Å². The highest BCUT2D eigenvalue weighted by Gasteiger charge is 2.54. The second kappa shape index (κ2) is 4.22. The number of hydrogen-bond acceptors (Lipinski definition) is 2. The maximum atomic E-state index is 12.1. The topological polar surface area (TPSA) is 58.2 Å². The second-order valence-electron chi connectivity index (χ2n) is 6.87. The third kappa shape index (κ3) is 1.52. The standard InChI is InChI=1S/C18H20N2O2/c1-11-12(2)17(14-6-4-3-5-13(11)14)7-9-18(10-8-17)15(21)19-16(22)20-18/h3-6H,7-10H2,1-2H3,(H2,19,20,21,22). The van der Waals surface area contributed by atoms with Gasteiger partial charge in [-0.1, -0.05) is 29.8 Å². The molecule has 3 aliphatic rings. The lowest BCUT2D eigenvalue weighted by atomic mass is 9.62. The Morgan fingerprint density at radius 2 is 1.68 bits per heavy atom. The average molecular weight is 296 g/mol. The minimum absolute atomic E-state index is 0.0412. The zero-order chi connectivity index (χ0) is 15.5. The summed E-state index contributed by atoms with van der Waals surface area (Å²) in [5.41, 5.74) is 4.88. The van der Waals surface area contributed by atoms with Crippen LogP contribution in [-0.4, -0.2) is 17.5 Å². The van der Waals surface area contributed by atoms with Gasteiger partial charge in [-0.15, -0.1) is 0 Å². The number of allylic oxidation sites excluding steroid dienone is 2. The van der Waals surface area contributed by atoms with E-state index in [9.17, 15) is 9.59 Å². The van der Waals surface area contributed by atoms with Gasteiger partial charge in [-0.25, -0.2) is 4.79 Å². The van der Waals surface area contributed by atoms with E-state index in [1.54, 1.807) is 0 Å². The zero-order valence-corrected chi connectivity index (χ0v) is 13.0. The van der Waals surface area contributed by atoms with Crippen molar-refractivity contribution in [1.82, 2.24) is 10.6 Å². The maximum absolute atomic E-state index is 12.1. The Morgan fingerprint density at radius 1 is 1.00 bits per heavy atom. The molecular formula is C18H20N2O2. The number of carbonyl (C=O) groups is 2. The van der Waals surface area contributed by atoms with Crippen molar-refractivity contribution in [3.63, 3.8) is 0 Å². The average Bonchev–Trinajstić information content (AvgIpc) is 2.91. The molecule has 1 heterocycles. The van der Waals surface area contributed by atoms with E-state index in [0.717, 1.165) is 12.8 Å². The molecule has 0 unspecified atom stereocenters. The lowest BCUT2D eigenvalue weighted by Crippen LogP contribution is -2.52. The Kier molecular flexibility index (Phi) is 2.60. The van der Waals surface area contributed by atoms with Gasteiger partial charge in [-0.3, -0.25) is 10.1 Å². The number of carbonyl (C=O) groups excluding carboxylic acids is 2. The van der Waals surface area contributed by atoms with Gasteiger partial charge in [-0.2, -0.15) is 0 Å². The van der Waals surface area contributed by atoms with Gasteiger partial charge < -0.3 is 5.32 Å². The Bertz CT molecular complexity index is 724. The summed E-state index contributed by atoms with van der Waals surface area (Å²) in [5, 5.41) is 5.25. The van der Waals surface area contributed by atoms with Crippen molar-refractivity contribution in [2.45, 2.75) is 50.5 Å². The monoisotopic (exact) mass is 296 g/mol. The van der Waals surface area contributed by atoms with Crippen molar-refractivity contribution in [3.05, 3.63) is 41.0 Å². The molecule has 1 saturated heterocycles. The Morgan fingerprint density at radius 3 is 2.32 bits per heavy atom. The third-order valence-electron chi connectivity index (χ3n) is 6.10. The van der Waals surface area contributed by atoms with E-state index in [2.05, 4.69) is 48.7 Å². The highest BCUT2D eigenvalue weighted by Crippen LogP contribution is 2.55. The molecule has 1 aromatic rings. The molecule has 22 heavy (non-hydrogen) atoms. The van der Waals surface area contributed by atoms with E-state index in [1.807, 2.05) is 0 Å². The van der Waals surface area contributed by atoms with Gasteiger partial charge in [0.25, 0.3) is 5.91 Å². The van der Waals surface area contributed by atoms with E-state index in [1.165, 1.54) is 22.3 Å². The van der Waals surface area contributed by atoms with Crippen LogP contribution in [0.1, 0.15) is 50.7 Å². The van der Waals surface area contributed by atoms with Crippen LogP contribution in [0.3, 0.4) is 0 Å². The van der Waals surface area contributed by atoms with Crippen LogP contribution in [0.25, 0.3) is 5.57 Å². The molecule has 3 amide bonds. The number of urea groups is 1. The fourth-order valence-corrected chi connectivity index (χ4v) is 4.62. The van der Waals surface area contributed by atoms with Gasteiger partial charge in [0.1, 0.15) is 5.54 Å². The molecule has 2 N–H and O–H groups in total. The van der Waals surface area contributed by atoms with Crippen LogP contribution >= 0.6 is 0 Å². The maximum Gasteiger partial charge on any atom is 0.322 e. The van der Waals surface area contributed by atoms with Crippen molar-refractivity contribution in [2.24, 2.45) is 0 Å². The smallest absolute Gasteiger partial charge is 0.322 e. The summed E-state index contributed by atoms with van der Waals surface area (Å²) < 4.78 is 0. The van der Waals surface area contributed by atoms with Gasteiger partial charge in [0.05, 0.1) is 0 Å². The molecular weight excluding hydrogens is 276 g/mol. The normalized spacial score (nSPS) is 33.4. The minimum Gasteiger partial charge on any atom is -0.323 e. The molecule has 0 atom stereocenters. The molecule has 2 fully saturated rings. The predicted molar refractivity (Wildman–Crippen MR) is 84.3 cm³/mol. The lowest BCUT2D eigenvalue weighted by molar-refractivity contribution is -0.125. The Balaban J connectivity index is 1.72. The number of hydrogen-bond donors (Lipinski definition) is 2. The summed E-state index contributed by atoms with van der Waals surface area (Å²) >= 11 is 0. The number of fused-ring (bicyclic) bond motifs is 2. The fraction of sp³-hybridized carbons (Fsp3) is 0.444.